The van der Waals surface area contributed by atoms with Crippen molar-refractivity contribution in [1.29, 1.82) is 0 Å². The third-order valence-corrected chi connectivity index (χ3v) is 2.47. The van der Waals surface area contributed by atoms with Crippen LogP contribution in [0.4, 0.5) is 5.69 Å². The second kappa shape index (κ2) is 4.92. The molecule has 0 spiro atoms. The Morgan fingerprint density at radius 3 is 3.00 bits per heavy atom. The molecule has 6 heteroatoms. The molecule has 1 aliphatic heterocycles. The lowest BCUT2D eigenvalue weighted by molar-refractivity contribution is -0.124. The fraction of sp³-hybridized carbons (Fsp3) is 0.364. The normalized spacial score (nSPS) is 19.6. The van der Waals surface area contributed by atoms with Crippen LogP contribution in [0.3, 0.4) is 0 Å². The molecule has 1 unspecified atom stereocenters. The highest BCUT2D eigenvalue weighted by atomic mass is 16.2. The van der Waals surface area contributed by atoms with Gasteiger partial charge in [-0.15, -0.1) is 0 Å². The summed E-state index contributed by atoms with van der Waals surface area (Å²) in [5, 5.41) is 8.24. The molecule has 1 aromatic heterocycles. The number of piperazine rings is 1. The number of carbonyl (C=O) groups excluding carboxylic acids is 2. The number of aryl methyl sites for hydroxylation is 1. The van der Waals surface area contributed by atoms with Crippen molar-refractivity contribution in [1.82, 2.24) is 15.6 Å². The summed E-state index contributed by atoms with van der Waals surface area (Å²) in [5.41, 5.74) is 1.64. The van der Waals surface area contributed by atoms with Crippen molar-refractivity contribution in [2.45, 2.75) is 13.0 Å². The van der Waals surface area contributed by atoms with Gasteiger partial charge in [0.25, 0.3) is 0 Å². The molecule has 0 aromatic carbocycles. The number of hydrogen-bond acceptors (Lipinski definition) is 4. The minimum absolute atomic E-state index is 0.0914. The molecule has 0 saturated carbocycles. The summed E-state index contributed by atoms with van der Waals surface area (Å²) in [6.07, 6.45) is 3.31. The van der Waals surface area contributed by atoms with Gasteiger partial charge in [-0.1, -0.05) is 0 Å². The summed E-state index contributed by atoms with van der Waals surface area (Å²) in [6, 6.07) is 1.44. The van der Waals surface area contributed by atoms with Crippen LogP contribution in [0.1, 0.15) is 5.56 Å². The summed E-state index contributed by atoms with van der Waals surface area (Å²) in [5.74, 6) is -0.260. The van der Waals surface area contributed by atoms with E-state index >= 15 is 0 Å². The van der Waals surface area contributed by atoms with Crippen LogP contribution in [0.5, 0.6) is 0 Å². The number of hydrogen-bond donors (Lipinski definition) is 3. The van der Waals surface area contributed by atoms with Crippen LogP contribution in [0.2, 0.25) is 0 Å². The van der Waals surface area contributed by atoms with E-state index in [0.29, 0.717) is 12.2 Å². The van der Waals surface area contributed by atoms with Crippen molar-refractivity contribution in [3.63, 3.8) is 0 Å². The zero-order valence-electron chi connectivity index (χ0n) is 9.49. The highest BCUT2D eigenvalue weighted by Crippen LogP contribution is 2.07. The van der Waals surface area contributed by atoms with Crippen LogP contribution in [0, 0.1) is 6.92 Å². The van der Waals surface area contributed by atoms with Gasteiger partial charge < -0.3 is 10.6 Å². The van der Waals surface area contributed by atoms with Gasteiger partial charge in [0.2, 0.25) is 11.8 Å². The molecule has 1 aromatic rings. The van der Waals surface area contributed by atoms with Crippen LogP contribution in [-0.2, 0) is 9.59 Å². The molecule has 17 heavy (non-hydrogen) atoms. The zero-order chi connectivity index (χ0) is 12.3. The number of carbonyl (C=O) groups is 2. The Morgan fingerprint density at radius 1 is 1.53 bits per heavy atom. The first-order chi connectivity index (χ1) is 8.15. The molecular weight excluding hydrogens is 220 g/mol. The Labute approximate surface area is 98.8 Å². The lowest BCUT2D eigenvalue weighted by Crippen LogP contribution is -2.56. The van der Waals surface area contributed by atoms with Crippen LogP contribution >= 0.6 is 0 Å². The number of anilines is 1. The molecule has 6 nitrogen and oxygen atoms in total. The third-order valence-electron chi connectivity index (χ3n) is 2.47. The number of rotatable bonds is 2. The van der Waals surface area contributed by atoms with Crippen LogP contribution in [0.15, 0.2) is 18.5 Å². The van der Waals surface area contributed by atoms with Crippen molar-refractivity contribution in [2.24, 2.45) is 0 Å². The Balaban J connectivity index is 1.95. The molecule has 2 amide bonds. The smallest absolute Gasteiger partial charge is 0.243 e. The Hall–Kier alpha value is -1.95. The predicted octanol–water partition coefficient (Wildman–Crippen LogP) is -0.583. The largest absolute Gasteiger partial charge is 0.353 e. The van der Waals surface area contributed by atoms with Crippen molar-refractivity contribution in [2.75, 3.05) is 18.4 Å². The third kappa shape index (κ3) is 3.01. The minimum Gasteiger partial charge on any atom is -0.353 e. The van der Waals surface area contributed by atoms with E-state index in [1.54, 1.807) is 12.4 Å². The van der Waals surface area contributed by atoms with E-state index in [1.165, 1.54) is 0 Å². The van der Waals surface area contributed by atoms with E-state index in [9.17, 15) is 9.59 Å². The molecule has 1 fully saturated rings. The topological polar surface area (TPSA) is 83.1 Å². The van der Waals surface area contributed by atoms with Gasteiger partial charge in [0.05, 0.1) is 18.4 Å². The molecular formula is C11H14N4O2. The first kappa shape index (κ1) is 11.5. The SMILES string of the molecule is Cc1cncc(NC(=O)C2CNC(=O)CN2)c1. The molecule has 2 heterocycles. The van der Waals surface area contributed by atoms with Gasteiger partial charge in [0.1, 0.15) is 6.04 Å². The van der Waals surface area contributed by atoms with Gasteiger partial charge in [-0.3, -0.25) is 19.9 Å². The Kier molecular flexibility index (Phi) is 3.34. The van der Waals surface area contributed by atoms with Crippen molar-refractivity contribution >= 4 is 17.5 Å². The molecule has 2 rings (SSSR count). The average molecular weight is 234 g/mol. The minimum atomic E-state index is -0.395. The Bertz CT molecular complexity index is 437. The van der Waals surface area contributed by atoms with E-state index in [1.807, 2.05) is 13.0 Å². The van der Waals surface area contributed by atoms with Crippen LogP contribution in [-0.4, -0.2) is 35.9 Å². The second-order valence-electron chi connectivity index (χ2n) is 3.98. The summed E-state index contributed by atoms with van der Waals surface area (Å²) < 4.78 is 0. The van der Waals surface area contributed by atoms with Crippen LogP contribution < -0.4 is 16.0 Å². The molecule has 0 aliphatic carbocycles. The number of aromatic nitrogens is 1. The van der Waals surface area contributed by atoms with E-state index in [2.05, 4.69) is 20.9 Å². The number of nitrogens with one attached hydrogen (secondary N) is 3. The maximum absolute atomic E-state index is 11.8. The van der Waals surface area contributed by atoms with Gasteiger partial charge >= 0.3 is 0 Å². The van der Waals surface area contributed by atoms with Gasteiger partial charge in [-0.25, -0.2) is 0 Å². The Morgan fingerprint density at radius 2 is 2.35 bits per heavy atom. The predicted molar refractivity (Wildman–Crippen MR) is 62.4 cm³/mol. The molecule has 1 atom stereocenters. The van der Waals surface area contributed by atoms with Crippen molar-refractivity contribution < 1.29 is 9.59 Å². The quantitative estimate of drug-likeness (QED) is 0.639. The van der Waals surface area contributed by atoms with Gasteiger partial charge in [-0.2, -0.15) is 0 Å². The molecule has 1 aliphatic rings. The van der Waals surface area contributed by atoms with Gasteiger partial charge in [0.15, 0.2) is 0 Å². The molecule has 0 radical (unpaired) electrons. The fourth-order valence-corrected chi connectivity index (χ4v) is 1.60. The number of nitrogens with zero attached hydrogens (tertiary/aromatic N) is 1. The highest BCUT2D eigenvalue weighted by molar-refractivity contribution is 5.96. The van der Waals surface area contributed by atoms with Gasteiger partial charge in [-0.05, 0) is 18.6 Å². The van der Waals surface area contributed by atoms with Gasteiger partial charge in [0, 0.05) is 12.7 Å². The maximum Gasteiger partial charge on any atom is 0.243 e. The summed E-state index contributed by atoms with van der Waals surface area (Å²) in [7, 11) is 0. The summed E-state index contributed by atoms with van der Waals surface area (Å²) in [4.78, 5) is 26.7. The summed E-state index contributed by atoms with van der Waals surface area (Å²) in [6.45, 7) is 2.38. The van der Waals surface area contributed by atoms with Crippen LogP contribution in [0.25, 0.3) is 0 Å². The monoisotopic (exact) mass is 234 g/mol. The highest BCUT2D eigenvalue weighted by Gasteiger charge is 2.23. The molecule has 3 N–H and O–H groups in total. The van der Waals surface area contributed by atoms with E-state index in [4.69, 9.17) is 0 Å². The molecule has 1 saturated heterocycles. The lowest BCUT2D eigenvalue weighted by atomic mass is 10.2. The molecule has 90 valence electrons. The standard InChI is InChI=1S/C11H14N4O2/c1-7-2-8(4-12-3-7)15-11(17)9-5-14-10(16)6-13-9/h2-4,9,13H,5-6H2,1H3,(H,14,16)(H,15,17). The number of amides is 2. The van der Waals surface area contributed by atoms with Crippen molar-refractivity contribution in [3.05, 3.63) is 24.0 Å². The van der Waals surface area contributed by atoms with Crippen molar-refractivity contribution in [3.8, 4) is 0 Å². The first-order valence-electron chi connectivity index (χ1n) is 5.38. The van der Waals surface area contributed by atoms with E-state index < -0.39 is 6.04 Å². The zero-order valence-corrected chi connectivity index (χ0v) is 9.49. The first-order valence-corrected chi connectivity index (χ1v) is 5.38. The van der Waals surface area contributed by atoms with E-state index in [-0.39, 0.29) is 18.4 Å². The maximum atomic E-state index is 11.8. The fourth-order valence-electron chi connectivity index (χ4n) is 1.60. The number of pyridine rings is 1. The second-order valence-corrected chi connectivity index (χ2v) is 3.98. The molecule has 0 bridgehead atoms. The lowest BCUT2D eigenvalue weighted by Gasteiger charge is -2.23. The van der Waals surface area contributed by atoms with E-state index in [0.717, 1.165) is 5.56 Å². The summed E-state index contributed by atoms with van der Waals surface area (Å²) >= 11 is 0. The average Bonchev–Trinajstić information content (AvgIpc) is 2.29.